The van der Waals surface area contributed by atoms with Crippen molar-refractivity contribution in [3.05, 3.63) is 60.9 Å². The summed E-state index contributed by atoms with van der Waals surface area (Å²) in [4.78, 5) is 22.1. The van der Waals surface area contributed by atoms with Gasteiger partial charge >= 0.3 is 0 Å². The Bertz CT molecular complexity index is 827. The first-order valence-corrected chi connectivity index (χ1v) is 8.42. The Labute approximate surface area is 145 Å². The van der Waals surface area contributed by atoms with Crippen LogP contribution in [-0.4, -0.2) is 43.1 Å². The Kier molecular flexibility index (Phi) is 4.30. The molecule has 2 N–H and O–H groups in total. The van der Waals surface area contributed by atoms with Gasteiger partial charge in [-0.15, -0.1) is 0 Å². The second-order valence-electron chi connectivity index (χ2n) is 6.20. The zero-order chi connectivity index (χ0) is 17.1. The van der Waals surface area contributed by atoms with Gasteiger partial charge in [0.15, 0.2) is 0 Å². The molecule has 0 unspecified atom stereocenters. The van der Waals surface area contributed by atoms with Crippen molar-refractivity contribution in [1.29, 1.82) is 0 Å². The minimum absolute atomic E-state index is 0.0367. The van der Waals surface area contributed by atoms with Crippen molar-refractivity contribution in [2.45, 2.75) is 25.4 Å². The van der Waals surface area contributed by atoms with E-state index < -0.39 is 0 Å². The normalized spacial score (nSPS) is 17.7. The Morgan fingerprint density at radius 3 is 3.12 bits per heavy atom. The number of aromatic nitrogens is 4. The lowest BCUT2D eigenvalue weighted by molar-refractivity contribution is -0.120. The number of hydrogen-bond donors (Lipinski definition) is 2. The summed E-state index contributed by atoms with van der Waals surface area (Å²) in [6.07, 6.45) is 8.99. The van der Waals surface area contributed by atoms with Crippen LogP contribution in [-0.2, 0) is 11.3 Å². The minimum atomic E-state index is -0.114. The molecule has 4 rings (SSSR count). The summed E-state index contributed by atoms with van der Waals surface area (Å²) in [5, 5.41) is 7.27. The Morgan fingerprint density at radius 2 is 2.32 bits per heavy atom. The number of benzene rings is 1. The molecule has 7 nitrogen and oxygen atoms in total. The SMILES string of the molecule is O=C(Nc1cccc(-n2cccn2)c1)[C@@H]1CCCN1Cc1cnc[nH]1. The Hall–Kier alpha value is -2.93. The first-order chi connectivity index (χ1) is 12.3. The van der Waals surface area contributed by atoms with Crippen LogP contribution in [0.15, 0.2) is 55.2 Å². The van der Waals surface area contributed by atoms with Gasteiger partial charge in [-0.1, -0.05) is 6.07 Å². The number of rotatable bonds is 5. The standard InChI is InChI=1S/C18H20N6O/c25-18(17-6-2-8-23(17)12-15-11-19-13-20-15)22-14-4-1-5-16(10-14)24-9-3-7-21-24/h1,3-5,7,9-11,13,17H,2,6,8,12H2,(H,19,20)(H,22,25)/t17-/m0/s1. The van der Waals surface area contributed by atoms with E-state index in [-0.39, 0.29) is 11.9 Å². The van der Waals surface area contributed by atoms with Crippen LogP contribution in [0.25, 0.3) is 5.69 Å². The van der Waals surface area contributed by atoms with Crippen LogP contribution in [0.4, 0.5) is 5.69 Å². The highest BCUT2D eigenvalue weighted by Gasteiger charge is 2.30. The van der Waals surface area contributed by atoms with Crippen LogP contribution >= 0.6 is 0 Å². The molecule has 0 radical (unpaired) electrons. The van der Waals surface area contributed by atoms with E-state index in [0.29, 0.717) is 6.54 Å². The number of nitrogens with one attached hydrogen (secondary N) is 2. The molecule has 3 aromatic rings. The highest BCUT2D eigenvalue weighted by Crippen LogP contribution is 2.22. The third-order valence-electron chi connectivity index (χ3n) is 4.48. The summed E-state index contributed by atoms with van der Waals surface area (Å²) in [5.41, 5.74) is 2.73. The maximum Gasteiger partial charge on any atom is 0.241 e. The zero-order valence-corrected chi connectivity index (χ0v) is 13.8. The van der Waals surface area contributed by atoms with Gasteiger partial charge in [-0.25, -0.2) is 9.67 Å². The first kappa shape index (κ1) is 15.6. The van der Waals surface area contributed by atoms with E-state index in [1.807, 2.05) is 36.5 Å². The molecule has 2 aromatic heterocycles. The second kappa shape index (κ2) is 6.90. The summed E-state index contributed by atoms with van der Waals surface area (Å²) >= 11 is 0. The van der Waals surface area contributed by atoms with Gasteiger partial charge in [0.2, 0.25) is 5.91 Å². The molecule has 1 amide bonds. The molecule has 0 aliphatic carbocycles. The van der Waals surface area contributed by atoms with Crippen LogP contribution in [0.3, 0.4) is 0 Å². The average molecular weight is 336 g/mol. The number of carbonyl (C=O) groups is 1. The molecule has 1 fully saturated rings. The van der Waals surface area contributed by atoms with E-state index in [4.69, 9.17) is 0 Å². The van der Waals surface area contributed by atoms with Crippen LogP contribution in [0.5, 0.6) is 0 Å². The number of amides is 1. The molecule has 1 aliphatic heterocycles. The van der Waals surface area contributed by atoms with Crippen molar-refractivity contribution in [1.82, 2.24) is 24.6 Å². The molecular weight excluding hydrogens is 316 g/mol. The van der Waals surface area contributed by atoms with Crippen molar-refractivity contribution >= 4 is 11.6 Å². The monoisotopic (exact) mass is 336 g/mol. The van der Waals surface area contributed by atoms with Crippen LogP contribution in [0, 0.1) is 0 Å². The van der Waals surface area contributed by atoms with Crippen LogP contribution in [0.1, 0.15) is 18.5 Å². The van der Waals surface area contributed by atoms with Crippen molar-refractivity contribution in [3.63, 3.8) is 0 Å². The third-order valence-corrected chi connectivity index (χ3v) is 4.48. The fourth-order valence-corrected chi connectivity index (χ4v) is 3.28. The third kappa shape index (κ3) is 3.46. The van der Waals surface area contributed by atoms with Gasteiger partial charge in [-0.3, -0.25) is 9.69 Å². The largest absolute Gasteiger partial charge is 0.347 e. The number of H-pyrrole nitrogens is 1. The fraction of sp³-hybridized carbons (Fsp3) is 0.278. The van der Waals surface area contributed by atoms with Gasteiger partial charge in [-0.2, -0.15) is 5.10 Å². The predicted octanol–water partition coefficient (Wildman–Crippen LogP) is 2.20. The maximum absolute atomic E-state index is 12.8. The molecule has 0 spiro atoms. The first-order valence-electron chi connectivity index (χ1n) is 8.42. The fourth-order valence-electron chi connectivity index (χ4n) is 3.28. The molecular formula is C18H20N6O. The minimum Gasteiger partial charge on any atom is -0.347 e. The summed E-state index contributed by atoms with van der Waals surface area (Å²) < 4.78 is 1.77. The molecule has 1 atom stereocenters. The lowest BCUT2D eigenvalue weighted by Crippen LogP contribution is -2.39. The van der Waals surface area contributed by atoms with E-state index >= 15 is 0 Å². The van der Waals surface area contributed by atoms with E-state index in [0.717, 1.165) is 36.5 Å². The zero-order valence-electron chi connectivity index (χ0n) is 13.8. The average Bonchev–Trinajstić information content (AvgIpc) is 3.38. The van der Waals surface area contributed by atoms with Crippen molar-refractivity contribution in [2.75, 3.05) is 11.9 Å². The topological polar surface area (TPSA) is 78.8 Å². The van der Waals surface area contributed by atoms with E-state index in [1.165, 1.54) is 0 Å². The van der Waals surface area contributed by atoms with E-state index in [9.17, 15) is 4.79 Å². The summed E-state index contributed by atoms with van der Waals surface area (Å²) in [7, 11) is 0. The van der Waals surface area contributed by atoms with Gasteiger partial charge in [0.25, 0.3) is 0 Å². The molecule has 3 heterocycles. The number of hydrogen-bond acceptors (Lipinski definition) is 4. The lowest BCUT2D eigenvalue weighted by Gasteiger charge is -2.23. The van der Waals surface area contributed by atoms with Gasteiger partial charge in [0.1, 0.15) is 0 Å². The highest BCUT2D eigenvalue weighted by atomic mass is 16.2. The number of imidazole rings is 1. The molecule has 7 heteroatoms. The van der Waals surface area contributed by atoms with Crippen molar-refractivity contribution in [3.8, 4) is 5.69 Å². The number of aromatic amines is 1. The number of likely N-dealkylation sites (tertiary alicyclic amines) is 1. The summed E-state index contributed by atoms with van der Waals surface area (Å²) in [5.74, 6) is 0.0367. The highest BCUT2D eigenvalue weighted by molar-refractivity contribution is 5.95. The Balaban J connectivity index is 1.45. The van der Waals surface area contributed by atoms with Crippen LogP contribution in [0.2, 0.25) is 0 Å². The van der Waals surface area contributed by atoms with Gasteiger partial charge in [0, 0.05) is 36.5 Å². The van der Waals surface area contributed by atoms with Gasteiger partial charge in [-0.05, 0) is 43.7 Å². The predicted molar refractivity (Wildman–Crippen MR) is 94.2 cm³/mol. The number of nitrogens with zero attached hydrogens (tertiary/aromatic N) is 4. The van der Waals surface area contributed by atoms with E-state index in [2.05, 4.69) is 25.3 Å². The summed E-state index contributed by atoms with van der Waals surface area (Å²) in [6.45, 7) is 1.63. The maximum atomic E-state index is 12.8. The molecule has 1 aliphatic rings. The molecule has 0 saturated carbocycles. The smallest absolute Gasteiger partial charge is 0.241 e. The number of anilines is 1. The van der Waals surface area contributed by atoms with Crippen molar-refractivity contribution in [2.24, 2.45) is 0 Å². The molecule has 25 heavy (non-hydrogen) atoms. The quantitative estimate of drug-likeness (QED) is 0.749. The van der Waals surface area contributed by atoms with Crippen molar-refractivity contribution < 1.29 is 4.79 Å². The second-order valence-corrected chi connectivity index (χ2v) is 6.20. The van der Waals surface area contributed by atoms with E-state index in [1.54, 1.807) is 23.4 Å². The molecule has 1 aromatic carbocycles. The van der Waals surface area contributed by atoms with Gasteiger partial charge < -0.3 is 10.3 Å². The molecule has 0 bridgehead atoms. The van der Waals surface area contributed by atoms with Gasteiger partial charge in [0.05, 0.1) is 18.1 Å². The number of carbonyl (C=O) groups excluding carboxylic acids is 1. The molecule has 128 valence electrons. The molecule has 1 saturated heterocycles. The van der Waals surface area contributed by atoms with Crippen LogP contribution < -0.4 is 5.32 Å². The Morgan fingerprint density at radius 1 is 1.36 bits per heavy atom. The summed E-state index contributed by atoms with van der Waals surface area (Å²) in [6, 6.07) is 9.47. The lowest BCUT2D eigenvalue weighted by atomic mass is 10.2.